The molecule has 0 saturated heterocycles. The molecule has 7 nitrogen and oxygen atoms in total. The Bertz CT molecular complexity index is 1400. The van der Waals surface area contributed by atoms with Gasteiger partial charge in [0.1, 0.15) is 12.8 Å². The van der Waals surface area contributed by atoms with Crippen LogP contribution in [0, 0.1) is 16.7 Å². The summed E-state index contributed by atoms with van der Waals surface area (Å²) in [6, 6.07) is 9.45. The number of hydrogen-bond acceptors (Lipinski definition) is 5. The van der Waals surface area contributed by atoms with Crippen molar-refractivity contribution < 1.29 is 14.0 Å². The second kappa shape index (κ2) is 13.5. The van der Waals surface area contributed by atoms with Crippen LogP contribution in [-0.2, 0) is 21.3 Å². The Hall–Kier alpha value is -2.52. The van der Waals surface area contributed by atoms with E-state index in [1.807, 2.05) is 6.07 Å². The van der Waals surface area contributed by atoms with E-state index in [1.165, 1.54) is 11.1 Å². The molecule has 1 aromatic carbocycles. The third-order valence-corrected chi connectivity index (χ3v) is 15.5. The van der Waals surface area contributed by atoms with Gasteiger partial charge in [0.15, 0.2) is 14.0 Å². The summed E-state index contributed by atoms with van der Waals surface area (Å²) < 4.78 is 14.2. The van der Waals surface area contributed by atoms with Crippen molar-refractivity contribution in [3.05, 3.63) is 53.1 Å². The number of benzene rings is 1. The molecule has 9 heteroatoms. The third-order valence-electron chi connectivity index (χ3n) is 9.29. The summed E-state index contributed by atoms with van der Waals surface area (Å²) in [5.74, 6) is -0.182. The lowest BCUT2D eigenvalue weighted by Gasteiger charge is -2.39. The van der Waals surface area contributed by atoms with Gasteiger partial charge in [-0.1, -0.05) is 80.2 Å². The number of nitriles is 1. The minimum absolute atomic E-state index is 0.137. The van der Waals surface area contributed by atoms with Crippen LogP contribution >= 0.6 is 0 Å². The van der Waals surface area contributed by atoms with E-state index in [1.54, 1.807) is 10.8 Å². The lowest BCUT2D eigenvalue weighted by Crippen LogP contribution is -2.43. The van der Waals surface area contributed by atoms with Gasteiger partial charge in [0, 0.05) is 44.2 Å². The summed E-state index contributed by atoms with van der Waals surface area (Å²) in [5.41, 5.74) is 4.45. The molecular weight excluding hydrogens is 581 g/mol. The second-order valence-corrected chi connectivity index (χ2v) is 27.1. The molecule has 3 rings (SSSR count). The number of rotatable bonds is 12. The van der Waals surface area contributed by atoms with Crippen molar-refractivity contribution in [2.45, 2.75) is 124 Å². The van der Waals surface area contributed by atoms with E-state index in [0.29, 0.717) is 13.2 Å². The largest absolute Gasteiger partial charge is 0.416 e. The highest BCUT2D eigenvalue weighted by Gasteiger charge is 2.39. The fourth-order valence-corrected chi connectivity index (χ4v) is 6.70. The second-order valence-electron chi connectivity index (χ2n) is 16.6. The average Bonchev–Trinajstić information content (AvgIpc) is 3.33. The molecule has 1 heterocycles. The molecule has 0 aliphatic heterocycles. The number of nitrogens with one attached hydrogen (secondary N) is 1. The van der Waals surface area contributed by atoms with Crippen molar-refractivity contribution in [2.75, 3.05) is 18.5 Å². The normalized spacial score (nSPS) is 15.9. The number of ether oxygens (including phenoxy) is 1. The number of amides is 1. The molecule has 1 N–H and O–H groups in total. The highest BCUT2D eigenvalue weighted by Crippen LogP contribution is 2.42. The first-order valence-corrected chi connectivity index (χ1v) is 22.6. The molecule has 0 radical (unpaired) electrons. The zero-order valence-electron chi connectivity index (χ0n) is 29.4. The van der Waals surface area contributed by atoms with Crippen molar-refractivity contribution in [3.8, 4) is 6.07 Å². The first-order chi connectivity index (χ1) is 20.1. The summed E-state index contributed by atoms with van der Waals surface area (Å²) in [6.45, 7) is 28.8. The molecule has 2 aromatic rings. The van der Waals surface area contributed by atoms with Gasteiger partial charge in [-0.05, 0) is 72.1 Å². The predicted octanol–water partition coefficient (Wildman–Crippen LogP) is 9.21. The number of anilines is 1. The van der Waals surface area contributed by atoms with E-state index in [9.17, 15) is 10.1 Å². The Morgan fingerprint density at radius 1 is 1.14 bits per heavy atom. The van der Waals surface area contributed by atoms with Crippen molar-refractivity contribution in [3.63, 3.8) is 0 Å². The first kappa shape index (κ1) is 36.0. The lowest BCUT2D eigenvalue weighted by atomic mass is 9.76. The smallest absolute Gasteiger partial charge is 0.291 e. The number of aromatic nitrogens is 2. The number of hydrogen-bond donors (Lipinski definition) is 1. The molecule has 0 atom stereocenters. The van der Waals surface area contributed by atoms with Crippen LogP contribution in [0.5, 0.6) is 0 Å². The summed E-state index contributed by atoms with van der Waals surface area (Å²) in [4.78, 5) is 18.0. The molecule has 1 amide bonds. The molecule has 1 aromatic heterocycles. The molecule has 44 heavy (non-hydrogen) atoms. The Morgan fingerprint density at radius 3 is 2.39 bits per heavy atom. The average molecular weight is 637 g/mol. The number of carbonyl (C=O) groups excluding carboxylic acids is 1. The molecule has 1 aliphatic carbocycles. The quantitative estimate of drug-likeness (QED) is 0.185. The van der Waals surface area contributed by atoms with Gasteiger partial charge in [0.2, 0.25) is 5.82 Å². The fraction of sp³-hybridized carbons (Fsp3) is 0.629. The van der Waals surface area contributed by atoms with Gasteiger partial charge >= 0.3 is 0 Å². The number of carbonyl (C=O) groups is 1. The van der Waals surface area contributed by atoms with Crippen molar-refractivity contribution >= 4 is 33.6 Å². The van der Waals surface area contributed by atoms with Gasteiger partial charge in [-0.3, -0.25) is 4.79 Å². The van der Waals surface area contributed by atoms with E-state index in [2.05, 4.69) is 116 Å². The molecule has 0 saturated carbocycles. The summed E-state index contributed by atoms with van der Waals surface area (Å²) >= 11 is 0. The lowest BCUT2D eigenvalue weighted by molar-refractivity contribution is 0.0808. The van der Waals surface area contributed by atoms with Gasteiger partial charge in [0.25, 0.3) is 5.91 Å². The zero-order valence-corrected chi connectivity index (χ0v) is 31.4. The summed E-state index contributed by atoms with van der Waals surface area (Å²) in [6.07, 6.45) is 6.93. The van der Waals surface area contributed by atoms with Gasteiger partial charge in [-0.15, -0.1) is 0 Å². The Kier molecular flexibility index (Phi) is 11.0. The highest BCUT2D eigenvalue weighted by molar-refractivity contribution is 6.76. The molecule has 0 spiro atoms. The Balaban J connectivity index is 1.93. The minimum atomic E-state index is -1.92. The van der Waals surface area contributed by atoms with Gasteiger partial charge in [-0.2, -0.15) is 5.26 Å². The maximum atomic E-state index is 13.7. The van der Waals surface area contributed by atoms with Crippen LogP contribution in [0.2, 0.25) is 43.8 Å². The summed E-state index contributed by atoms with van der Waals surface area (Å²) in [5, 5.41) is 12.8. The highest BCUT2D eigenvalue weighted by atomic mass is 28.4. The first-order valence-electron chi connectivity index (χ1n) is 16.0. The topological polar surface area (TPSA) is 89.2 Å². The van der Waals surface area contributed by atoms with Crippen LogP contribution in [-0.4, -0.2) is 45.1 Å². The minimum Gasteiger partial charge on any atom is -0.416 e. The zero-order chi connectivity index (χ0) is 33.1. The molecule has 0 unspecified atom stereocenters. The van der Waals surface area contributed by atoms with Crippen LogP contribution in [0.4, 0.5) is 5.69 Å². The third kappa shape index (κ3) is 9.49. The number of allylic oxidation sites excluding steroid dienone is 2. The fourth-order valence-electron chi connectivity index (χ4n) is 4.79. The number of imidazole rings is 1. The van der Waals surface area contributed by atoms with Crippen molar-refractivity contribution in [1.82, 2.24) is 9.55 Å². The van der Waals surface area contributed by atoms with Crippen LogP contribution in [0.1, 0.15) is 95.2 Å². The Labute approximate surface area is 268 Å². The van der Waals surface area contributed by atoms with Crippen LogP contribution in [0.25, 0.3) is 5.57 Å². The number of nitrogens with zero attached hydrogens (tertiary/aromatic N) is 3. The molecular formula is C35H56N4O3Si2. The standard InChI is InChI=1S/C35H56N4O3Si2/c1-33(2,3)44(11,12)42-24-35(6,7)27-13-14-30(29(21-27)26-15-17-34(4,5)18-16-26)38-32(40)31-37-28(22-36)23-39(31)25-41-19-20-43(8,9)10/h13-15,21,23H,16-20,24-25H2,1-12H3,(H,38,40). The summed E-state index contributed by atoms with van der Waals surface area (Å²) in [7, 11) is -3.17. The molecule has 1 aliphatic rings. The van der Waals surface area contributed by atoms with Gasteiger partial charge in [0.05, 0.1) is 0 Å². The van der Waals surface area contributed by atoms with Crippen molar-refractivity contribution in [1.29, 1.82) is 5.26 Å². The van der Waals surface area contributed by atoms with E-state index in [0.717, 1.165) is 36.6 Å². The molecule has 0 fully saturated rings. The molecule has 0 bridgehead atoms. The SMILES string of the molecule is CC1(C)CC=C(c2cc(C(C)(C)CO[Si](C)(C)C(C)(C)C)ccc2NC(=O)c2nc(C#N)cn2COCC[Si](C)(C)C)CC1. The van der Waals surface area contributed by atoms with Crippen LogP contribution in [0.15, 0.2) is 30.5 Å². The van der Waals surface area contributed by atoms with Gasteiger partial charge < -0.3 is 19.0 Å². The van der Waals surface area contributed by atoms with Crippen LogP contribution < -0.4 is 5.32 Å². The monoisotopic (exact) mass is 636 g/mol. The Morgan fingerprint density at radius 2 is 1.82 bits per heavy atom. The van der Waals surface area contributed by atoms with E-state index in [4.69, 9.17) is 9.16 Å². The maximum absolute atomic E-state index is 13.7. The van der Waals surface area contributed by atoms with E-state index < -0.39 is 16.4 Å². The maximum Gasteiger partial charge on any atom is 0.291 e. The predicted molar refractivity (Wildman–Crippen MR) is 187 cm³/mol. The van der Waals surface area contributed by atoms with E-state index >= 15 is 0 Å². The molecule has 242 valence electrons. The van der Waals surface area contributed by atoms with Crippen LogP contribution in [0.3, 0.4) is 0 Å². The van der Waals surface area contributed by atoms with E-state index in [-0.39, 0.29) is 40.0 Å². The van der Waals surface area contributed by atoms with Crippen molar-refractivity contribution in [2.24, 2.45) is 5.41 Å². The van der Waals surface area contributed by atoms with Gasteiger partial charge in [-0.25, -0.2) is 4.98 Å².